The molecule has 1 aromatic carbocycles. The highest BCUT2D eigenvalue weighted by atomic mass is 79.9. The molecule has 0 saturated carbocycles. The highest BCUT2D eigenvalue weighted by Gasteiger charge is 2.10. The molecule has 0 radical (unpaired) electrons. The van der Waals surface area contributed by atoms with Gasteiger partial charge in [0.25, 0.3) is 5.91 Å². The van der Waals surface area contributed by atoms with Crippen molar-refractivity contribution < 1.29 is 4.79 Å². The Morgan fingerprint density at radius 1 is 1.14 bits per heavy atom. The third kappa shape index (κ3) is 4.53. The molecule has 0 unspecified atom stereocenters. The largest absolute Gasteiger partial charge is 0.368 e. The van der Waals surface area contributed by atoms with Crippen molar-refractivity contribution in [2.45, 2.75) is 13.8 Å². The highest BCUT2D eigenvalue weighted by Crippen LogP contribution is 2.17. The predicted molar refractivity (Wildman–Crippen MR) is 87.5 cm³/mol. The van der Waals surface area contributed by atoms with Gasteiger partial charge in [0.15, 0.2) is 5.82 Å². The van der Waals surface area contributed by atoms with E-state index in [-0.39, 0.29) is 5.91 Å². The smallest absolute Gasteiger partial charge is 0.258 e. The first-order valence-electron chi connectivity index (χ1n) is 6.69. The standard InChI is InChI=1S/C15H17BrN4O/c1-10(2)9-17-13-7-8-14(20-19-13)18-15(21)11-5-3-4-6-12(11)16/h3-8,10H,9H2,1-2H3,(H,17,19)(H,18,20,21). The molecule has 0 bridgehead atoms. The molecular weight excluding hydrogens is 332 g/mol. The zero-order valence-electron chi connectivity index (χ0n) is 11.9. The molecule has 0 atom stereocenters. The van der Waals surface area contributed by atoms with Crippen LogP contribution in [-0.4, -0.2) is 22.6 Å². The molecule has 0 aliphatic heterocycles. The summed E-state index contributed by atoms with van der Waals surface area (Å²) in [6.07, 6.45) is 0. The van der Waals surface area contributed by atoms with E-state index in [1.165, 1.54) is 0 Å². The van der Waals surface area contributed by atoms with Crippen molar-refractivity contribution in [3.8, 4) is 0 Å². The molecule has 1 aromatic heterocycles. The number of amides is 1. The number of nitrogens with one attached hydrogen (secondary N) is 2. The van der Waals surface area contributed by atoms with Gasteiger partial charge in [-0.15, -0.1) is 10.2 Å². The first-order valence-corrected chi connectivity index (χ1v) is 7.49. The SMILES string of the molecule is CC(C)CNc1ccc(NC(=O)c2ccccc2Br)nn1. The van der Waals surface area contributed by atoms with E-state index in [1.807, 2.05) is 18.2 Å². The Hall–Kier alpha value is -1.95. The summed E-state index contributed by atoms with van der Waals surface area (Å²) in [6, 6.07) is 10.8. The normalized spacial score (nSPS) is 10.5. The maximum absolute atomic E-state index is 12.1. The fourth-order valence-corrected chi connectivity index (χ4v) is 2.10. The highest BCUT2D eigenvalue weighted by molar-refractivity contribution is 9.10. The van der Waals surface area contributed by atoms with Crippen molar-refractivity contribution in [3.63, 3.8) is 0 Å². The first kappa shape index (κ1) is 15.4. The number of aromatic nitrogens is 2. The molecule has 1 amide bonds. The third-order valence-electron chi connectivity index (χ3n) is 2.72. The monoisotopic (exact) mass is 348 g/mol. The van der Waals surface area contributed by atoms with Crippen LogP contribution in [0.25, 0.3) is 0 Å². The molecule has 21 heavy (non-hydrogen) atoms. The Morgan fingerprint density at radius 2 is 1.81 bits per heavy atom. The summed E-state index contributed by atoms with van der Waals surface area (Å²) in [6.45, 7) is 5.07. The molecule has 110 valence electrons. The molecule has 0 spiro atoms. The molecule has 0 fully saturated rings. The second-order valence-electron chi connectivity index (χ2n) is 5.01. The van der Waals surface area contributed by atoms with E-state index in [9.17, 15) is 4.79 Å². The minimum atomic E-state index is -0.223. The van der Waals surface area contributed by atoms with E-state index in [1.54, 1.807) is 18.2 Å². The average molecular weight is 349 g/mol. The van der Waals surface area contributed by atoms with Crippen LogP contribution in [-0.2, 0) is 0 Å². The van der Waals surface area contributed by atoms with Crippen LogP contribution in [0.2, 0.25) is 0 Å². The van der Waals surface area contributed by atoms with Gasteiger partial charge in [-0.1, -0.05) is 26.0 Å². The van der Waals surface area contributed by atoms with Crippen LogP contribution in [0.5, 0.6) is 0 Å². The van der Waals surface area contributed by atoms with Crippen LogP contribution in [0.4, 0.5) is 11.6 Å². The number of carbonyl (C=O) groups is 1. The van der Waals surface area contributed by atoms with Gasteiger partial charge < -0.3 is 10.6 Å². The molecule has 2 N–H and O–H groups in total. The Bertz CT molecular complexity index is 613. The summed E-state index contributed by atoms with van der Waals surface area (Å²) in [4.78, 5) is 12.1. The lowest BCUT2D eigenvalue weighted by Gasteiger charge is -2.08. The number of hydrogen-bond acceptors (Lipinski definition) is 4. The molecular formula is C15H17BrN4O. The van der Waals surface area contributed by atoms with Crippen molar-refractivity contribution in [1.82, 2.24) is 10.2 Å². The summed E-state index contributed by atoms with van der Waals surface area (Å²) in [5.74, 6) is 1.43. The maximum atomic E-state index is 12.1. The fraction of sp³-hybridized carbons (Fsp3) is 0.267. The predicted octanol–water partition coefficient (Wildman–Crippen LogP) is 3.56. The fourth-order valence-electron chi connectivity index (χ4n) is 1.63. The van der Waals surface area contributed by atoms with Gasteiger partial charge in [0.1, 0.15) is 5.82 Å². The summed E-state index contributed by atoms with van der Waals surface area (Å²) in [5.41, 5.74) is 0.557. The van der Waals surface area contributed by atoms with Crippen LogP contribution < -0.4 is 10.6 Å². The van der Waals surface area contributed by atoms with E-state index < -0.39 is 0 Å². The van der Waals surface area contributed by atoms with Crippen LogP contribution in [0, 0.1) is 5.92 Å². The van der Waals surface area contributed by atoms with Gasteiger partial charge in [0.05, 0.1) is 5.56 Å². The number of benzene rings is 1. The molecule has 0 aliphatic rings. The van der Waals surface area contributed by atoms with Crippen LogP contribution in [0.1, 0.15) is 24.2 Å². The summed E-state index contributed by atoms with van der Waals surface area (Å²) >= 11 is 3.35. The maximum Gasteiger partial charge on any atom is 0.258 e. The van der Waals surface area contributed by atoms with Crippen molar-refractivity contribution in [2.75, 3.05) is 17.2 Å². The van der Waals surface area contributed by atoms with Gasteiger partial charge >= 0.3 is 0 Å². The minimum Gasteiger partial charge on any atom is -0.368 e. The van der Waals surface area contributed by atoms with Gasteiger partial charge in [-0.05, 0) is 46.1 Å². The number of halogens is 1. The number of carbonyl (C=O) groups excluding carboxylic acids is 1. The lowest BCUT2D eigenvalue weighted by molar-refractivity contribution is 0.102. The van der Waals surface area contributed by atoms with E-state index in [0.717, 1.165) is 11.0 Å². The van der Waals surface area contributed by atoms with Crippen molar-refractivity contribution in [1.29, 1.82) is 0 Å². The molecule has 5 nitrogen and oxygen atoms in total. The van der Waals surface area contributed by atoms with Crippen LogP contribution in [0.3, 0.4) is 0 Å². The second kappa shape index (κ2) is 7.17. The first-order chi connectivity index (χ1) is 10.1. The molecule has 1 heterocycles. The Morgan fingerprint density at radius 3 is 2.43 bits per heavy atom. The minimum absolute atomic E-state index is 0.223. The van der Waals surface area contributed by atoms with Crippen LogP contribution in [0.15, 0.2) is 40.9 Å². The summed E-state index contributed by atoms with van der Waals surface area (Å²) < 4.78 is 0.741. The zero-order valence-corrected chi connectivity index (χ0v) is 13.5. The van der Waals surface area contributed by atoms with Crippen LogP contribution >= 0.6 is 15.9 Å². The van der Waals surface area contributed by atoms with Gasteiger partial charge in [0.2, 0.25) is 0 Å². The summed E-state index contributed by atoms with van der Waals surface area (Å²) in [5, 5.41) is 13.9. The number of rotatable bonds is 5. The quantitative estimate of drug-likeness (QED) is 0.866. The Labute approximate surface area is 132 Å². The van der Waals surface area contributed by atoms with Gasteiger partial charge in [-0.25, -0.2) is 0 Å². The topological polar surface area (TPSA) is 66.9 Å². The van der Waals surface area contributed by atoms with E-state index in [2.05, 4.69) is 50.6 Å². The molecule has 6 heteroatoms. The van der Waals surface area contributed by atoms with Gasteiger partial charge in [0, 0.05) is 11.0 Å². The van der Waals surface area contributed by atoms with Gasteiger partial charge in [-0.3, -0.25) is 4.79 Å². The van der Waals surface area contributed by atoms with E-state index in [0.29, 0.717) is 23.1 Å². The van der Waals surface area contributed by atoms with Gasteiger partial charge in [-0.2, -0.15) is 0 Å². The van der Waals surface area contributed by atoms with E-state index in [4.69, 9.17) is 0 Å². The van der Waals surface area contributed by atoms with Crippen molar-refractivity contribution in [2.24, 2.45) is 5.92 Å². The molecule has 0 aliphatic carbocycles. The number of hydrogen-bond donors (Lipinski definition) is 2. The Balaban J connectivity index is 2.00. The molecule has 0 saturated heterocycles. The number of anilines is 2. The lowest BCUT2D eigenvalue weighted by Crippen LogP contribution is -2.15. The number of nitrogens with zero attached hydrogens (tertiary/aromatic N) is 2. The third-order valence-corrected chi connectivity index (χ3v) is 3.41. The summed E-state index contributed by atoms with van der Waals surface area (Å²) in [7, 11) is 0. The lowest BCUT2D eigenvalue weighted by atomic mass is 10.2. The van der Waals surface area contributed by atoms with E-state index >= 15 is 0 Å². The van der Waals surface area contributed by atoms with Crippen molar-refractivity contribution >= 4 is 33.5 Å². The molecule has 2 aromatic rings. The Kier molecular flexibility index (Phi) is 5.27. The average Bonchev–Trinajstić information content (AvgIpc) is 2.47. The van der Waals surface area contributed by atoms with Crippen molar-refractivity contribution in [3.05, 3.63) is 46.4 Å². The molecule has 2 rings (SSSR count). The zero-order chi connectivity index (χ0) is 15.2. The second-order valence-corrected chi connectivity index (χ2v) is 5.87.